The van der Waals surface area contributed by atoms with Crippen molar-refractivity contribution < 1.29 is 14.6 Å². The molecule has 0 heterocycles. The van der Waals surface area contributed by atoms with Gasteiger partial charge in [0.2, 0.25) is 0 Å². The van der Waals surface area contributed by atoms with Gasteiger partial charge in [0, 0.05) is 18.2 Å². The lowest BCUT2D eigenvalue weighted by atomic mass is 10.3. The minimum Gasteiger partial charge on any atom is -0.508 e. The summed E-state index contributed by atoms with van der Waals surface area (Å²) in [6, 6.07) is 4.98. The second kappa shape index (κ2) is 6.17. The van der Waals surface area contributed by atoms with E-state index in [0.29, 0.717) is 24.7 Å². The largest absolute Gasteiger partial charge is 0.508 e. The van der Waals surface area contributed by atoms with Gasteiger partial charge in [-0.05, 0) is 12.8 Å². The van der Waals surface area contributed by atoms with Gasteiger partial charge in [-0.15, -0.1) is 0 Å². The van der Waals surface area contributed by atoms with E-state index in [4.69, 9.17) is 9.47 Å². The lowest BCUT2D eigenvalue weighted by Gasteiger charge is -2.09. The first-order valence-corrected chi connectivity index (χ1v) is 5.36. The minimum atomic E-state index is 0.176. The summed E-state index contributed by atoms with van der Waals surface area (Å²) in [5.74, 6) is 1.49. The van der Waals surface area contributed by atoms with Gasteiger partial charge >= 0.3 is 0 Å². The minimum absolute atomic E-state index is 0.176. The molecule has 0 aliphatic heterocycles. The van der Waals surface area contributed by atoms with Gasteiger partial charge in [-0.3, -0.25) is 0 Å². The molecule has 0 fully saturated rings. The average molecular weight is 210 g/mol. The highest BCUT2D eigenvalue weighted by Crippen LogP contribution is 2.27. The number of ether oxygens (including phenoxy) is 2. The van der Waals surface area contributed by atoms with Crippen LogP contribution in [0.4, 0.5) is 0 Å². The molecule has 3 heteroatoms. The van der Waals surface area contributed by atoms with Crippen molar-refractivity contribution in [2.45, 2.75) is 26.7 Å². The molecule has 0 aromatic heterocycles. The maximum Gasteiger partial charge on any atom is 0.126 e. The lowest BCUT2D eigenvalue weighted by Crippen LogP contribution is -1.97. The third kappa shape index (κ3) is 4.11. The summed E-state index contributed by atoms with van der Waals surface area (Å²) in [4.78, 5) is 0. The fourth-order valence-corrected chi connectivity index (χ4v) is 1.16. The van der Waals surface area contributed by atoms with E-state index in [2.05, 4.69) is 0 Å². The van der Waals surface area contributed by atoms with Crippen LogP contribution in [0.2, 0.25) is 0 Å². The predicted octanol–water partition coefficient (Wildman–Crippen LogP) is 2.97. The first-order valence-electron chi connectivity index (χ1n) is 5.36. The first kappa shape index (κ1) is 11.7. The van der Waals surface area contributed by atoms with Gasteiger partial charge in [-0.2, -0.15) is 0 Å². The Labute approximate surface area is 90.6 Å². The van der Waals surface area contributed by atoms with E-state index in [1.807, 2.05) is 13.8 Å². The van der Waals surface area contributed by atoms with Gasteiger partial charge in [0.15, 0.2) is 0 Å². The molecular formula is C12H18O3. The number of hydrogen-bond donors (Lipinski definition) is 1. The van der Waals surface area contributed by atoms with Gasteiger partial charge in [0.05, 0.1) is 13.2 Å². The molecule has 1 rings (SSSR count). The van der Waals surface area contributed by atoms with E-state index in [0.717, 1.165) is 12.8 Å². The summed E-state index contributed by atoms with van der Waals surface area (Å²) in [6.07, 6.45) is 1.89. The van der Waals surface area contributed by atoms with E-state index in [1.54, 1.807) is 18.2 Å². The molecule has 0 aliphatic rings. The molecule has 84 valence electrons. The Morgan fingerprint density at radius 1 is 0.933 bits per heavy atom. The fourth-order valence-electron chi connectivity index (χ4n) is 1.16. The highest BCUT2D eigenvalue weighted by molar-refractivity contribution is 5.41. The van der Waals surface area contributed by atoms with Crippen LogP contribution in [-0.4, -0.2) is 18.3 Å². The van der Waals surface area contributed by atoms with Crippen molar-refractivity contribution in [3.05, 3.63) is 18.2 Å². The van der Waals surface area contributed by atoms with Crippen LogP contribution in [0.15, 0.2) is 18.2 Å². The molecule has 15 heavy (non-hydrogen) atoms. The summed E-state index contributed by atoms with van der Waals surface area (Å²) >= 11 is 0. The highest BCUT2D eigenvalue weighted by atomic mass is 16.5. The quantitative estimate of drug-likeness (QED) is 0.784. The van der Waals surface area contributed by atoms with Gasteiger partial charge < -0.3 is 14.6 Å². The molecule has 1 N–H and O–H groups in total. The number of phenolic OH excluding ortho intramolecular Hbond substituents is 1. The van der Waals surface area contributed by atoms with Crippen molar-refractivity contribution >= 4 is 0 Å². The lowest BCUT2D eigenvalue weighted by molar-refractivity contribution is 0.298. The standard InChI is InChI=1S/C12H18O3/c1-3-5-14-11-7-10(13)8-12(9-11)15-6-4-2/h7-9,13H,3-6H2,1-2H3. The van der Waals surface area contributed by atoms with Crippen LogP contribution in [0.3, 0.4) is 0 Å². The van der Waals surface area contributed by atoms with Crippen LogP contribution in [0.25, 0.3) is 0 Å². The van der Waals surface area contributed by atoms with E-state index < -0.39 is 0 Å². The summed E-state index contributed by atoms with van der Waals surface area (Å²) in [5.41, 5.74) is 0. The third-order valence-electron chi connectivity index (χ3n) is 1.81. The van der Waals surface area contributed by atoms with Crippen LogP contribution in [0, 0.1) is 0 Å². The SMILES string of the molecule is CCCOc1cc(O)cc(OCCC)c1. The van der Waals surface area contributed by atoms with Gasteiger partial charge in [0.1, 0.15) is 17.2 Å². The van der Waals surface area contributed by atoms with E-state index in [1.165, 1.54) is 0 Å². The number of benzene rings is 1. The van der Waals surface area contributed by atoms with Crippen LogP contribution < -0.4 is 9.47 Å². The molecule has 0 radical (unpaired) electrons. The van der Waals surface area contributed by atoms with Crippen molar-refractivity contribution in [3.8, 4) is 17.2 Å². The average Bonchev–Trinajstić information content (AvgIpc) is 2.23. The Balaban J connectivity index is 2.66. The predicted molar refractivity (Wildman–Crippen MR) is 59.7 cm³/mol. The molecule has 0 saturated heterocycles. The maximum absolute atomic E-state index is 9.43. The van der Waals surface area contributed by atoms with Crippen molar-refractivity contribution in [2.24, 2.45) is 0 Å². The van der Waals surface area contributed by atoms with Crippen molar-refractivity contribution in [1.82, 2.24) is 0 Å². The second-order valence-corrected chi connectivity index (χ2v) is 3.36. The number of hydrogen-bond acceptors (Lipinski definition) is 3. The molecule has 0 amide bonds. The van der Waals surface area contributed by atoms with Gasteiger partial charge in [-0.25, -0.2) is 0 Å². The Morgan fingerprint density at radius 2 is 1.40 bits per heavy atom. The Hall–Kier alpha value is -1.38. The Bertz CT molecular complexity index is 271. The zero-order valence-electron chi connectivity index (χ0n) is 9.32. The van der Waals surface area contributed by atoms with Crippen LogP contribution in [0.1, 0.15) is 26.7 Å². The van der Waals surface area contributed by atoms with Crippen LogP contribution in [0.5, 0.6) is 17.2 Å². The normalized spacial score (nSPS) is 10.0. The zero-order chi connectivity index (χ0) is 11.1. The van der Waals surface area contributed by atoms with Gasteiger partial charge in [-0.1, -0.05) is 13.8 Å². The van der Waals surface area contributed by atoms with Crippen molar-refractivity contribution in [3.63, 3.8) is 0 Å². The third-order valence-corrected chi connectivity index (χ3v) is 1.81. The van der Waals surface area contributed by atoms with Crippen molar-refractivity contribution in [1.29, 1.82) is 0 Å². The van der Waals surface area contributed by atoms with E-state index >= 15 is 0 Å². The molecule has 0 saturated carbocycles. The summed E-state index contributed by atoms with van der Waals surface area (Å²) in [5, 5.41) is 9.43. The maximum atomic E-state index is 9.43. The van der Waals surface area contributed by atoms with Crippen molar-refractivity contribution in [2.75, 3.05) is 13.2 Å². The highest BCUT2D eigenvalue weighted by Gasteiger charge is 2.01. The molecule has 3 nitrogen and oxygen atoms in total. The summed E-state index contributed by atoms with van der Waals surface area (Å²) in [6.45, 7) is 5.38. The molecular weight excluding hydrogens is 192 g/mol. The second-order valence-electron chi connectivity index (χ2n) is 3.36. The molecule has 1 aromatic carbocycles. The fraction of sp³-hybridized carbons (Fsp3) is 0.500. The molecule has 0 spiro atoms. The monoisotopic (exact) mass is 210 g/mol. The van der Waals surface area contributed by atoms with Crippen LogP contribution in [-0.2, 0) is 0 Å². The number of rotatable bonds is 6. The van der Waals surface area contributed by atoms with E-state index in [-0.39, 0.29) is 5.75 Å². The molecule has 0 atom stereocenters. The first-order chi connectivity index (χ1) is 7.26. The molecule has 1 aromatic rings. The Morgan fingerprint density at radius 3 is 1.80 bits per heavy atom. The van der Waals surface area contributed by atoms with E-state index in [9.17, 15) is 5.11 Å². The van der Waals surface area contributed by atoms with Gasteiger partial charge in [0.25, 0.3) is 0 Å². The molecule has 0 aliphatic carbocycles. The smallest absolute Gasteiger partial charge is 0.126 e. The molecule has 0 unspecified atom stereocenters. The van der Waals surface area contributed by atoms with Crippen LogP contribution >= 0.6 is 0 Å². The molecule has 0 bridgehead atoms. The zero-order valence-corrected chi connectivity index (χ0v) is 9.32. The summed E-state index contributed by atoms with van der Waals surface area (Å²) < 4.78 is 10.8. The Kier molecular flexibility index (Phi) is 4.81. The number of aromatic hydroxyl groups is 1. The topological polar surface area (TPSA) is 38.7 Å². The summed E-state index contributed by atoms with van der Waals surface area (Å²) in [7, 11) is 0. The number of phenols is 1.